The van der Waals surface area contributed by atoms with Gasteiger partial charge in [-0.05, 0) is 37.8 Å². The highest BCUT2D eigenvalue weighted by Crippen LogP contribution is 2.31. The fourth-order valence-corrected chi connectivity index (χ4v) is 3.14. The lowest BCUT2D eigenvalue weighted by atomic mass is 9.84. The van der Waals surface area contributed by atoms with Gasteiger partial charge in [0.25, 0.3) is 0 Å². The molecule has 0 aromatic heterocycles. The van der Waals surface area contributed by atoms with Gasteiger partial charge in [0.2, 0.25) is 0 Å². The van der Waals surface area contributed by atoms with Crippen molar-refractivity contribution in [3.63, 3.8) is 0 Å². The van der Waals surface area contributed by atoms with E-state index in [1.54, 1.807) is 12.1 Å². The first kappa shape index (κ1) is 14.0. The zero-order valence-electron chi connectivity index (χ0n) is 10.5. The molecule has 0 radical (unpaired) electrons. The average molecular weight is 290 g/mol. The molecule has 1 unspecified atom stereocenters. The third-order valence-corrected chi connectivity index (χ3v) is 4.29. The maximum absolute atomic E-state index is 13.3. The van der Waals surface area contributed by atoms with Crippen LogP contribution in [0.1, 0.15) is 39.0 Å². The normalized spacial score (nSPS) is 18.7. The van der Waals surface area contributed by atoms with E-state index in [4.69, 9.17) is 23.2 Å². The molecule has 0 heterocycles. The molecule has 1 aliphatic rings. The fourth-order valence-electron chi connectivity index (χ4n) is 2.65. The van der Waals surface area contributed by atoms with Crippen LogP contribution in [-0.2, 0) is 0 Å². The van der Waals surface area contributed by atoms with E-state index in [1.807, 2.05) is 0 Å². The molecule has 18 heavy (non-hydrogen) atoms. The smallest absolute Gasteiger partial charge is 0.160 e. The molecule has 0 saturated heterocycles. The van der Waals surface area contributed by atoms with Crippen molar-refractivity contribution >= 4 is 28.9 Å². The van der Waals surface area contributed by atoms with Crippen LogP contribution in [0.25, 0.3) is 0 Å². The Hall–Kier alpha value is -0.470. The Bertz CT molecular complexity index is 393. The molecule has 1 N–H and O–H groups in total. The SMILES string of the molecule is CC(Nc1cc(Cl)c(F)c(Cl)c1)C1CCCCC1. The minimum Gasteiger partial charge on any atom is -0.382 e. The van der Waals surface area contributed by atoms with Crippen molar-refractivity contribution in [3.8, 4) is 0 Å². The molecule has 1 aliphatic carbocycles. The molecule has 100 valence electrons. The fraction of sp³-hybridized carbons (Fsp3) is 0.571. The quantitative estimate of drug-likeness (QED) is 0.723. The van der Waals surface area contributed by atoms with Crippen LogP contribution in [0.5, 0.6) is 0 Å². The van der Waals surface area contributed by atoms with Gasteiger partial charge in [-0.2, -0.15) is 0 Å². The molecule has 1 fully saturated rings. The van der Waals surface area contributed by atoms with Crippen molar-refractivity contribution in [3.05, 3.63) is 28.0 Å². The standard InChI is InChI=1S/C14H18Cl2FN/c1-9(10-5-3-2-4-6-10)18-11-7-12(15)14(17)13(16)8-11/h7-10,18H,2-6H2,1H3. The summed E-state index contributed by atoms with van der Waals surface area (Å²) in [6.07, 6.45) is 6.48. The summed E-state index contributed by atoms with van der Waals surface area (Å²) in [6.45, 7) is 2.17. The minimum atomic E-state index is -0.547. The number of benzene rings is 1. The molecule has 0 bridgehead atoms. The van der Waals surface area contributed by atoms with E-state index < -0.39 is 5.82 Å². The molecule has 1 nitrogen and oxygen atoms in total. The summed E-state index contributed by atoms with van der Waals surface area (Å²) in [7, 11) is 0. The summed E-state index contributed by atoms with van der Waals surface area (Å²) in [4.78, 5) is 0. The molecule has 1 aromatic carbocycles. The van der Waals surface area contributed by atoms with Gasteiger partial charge in [-0.15, -0.1) is 0 Å². The Balaban J connectivity index is 2.04. The minimum absolute atomic E-state index is 0.0702. The maximum Gasteiger partial charge on any atom is 0.160 e. The first-order valence-electron chi connectivity index (χ1n) is 6.49. The summed E-state index contributed by atoms with van der Waals surface area (Å²) in [5, 5.41) is 3.53. The highest BCUT2D eigenvalue weighted by atomic mass is 35.5. The van der Waals surface area contributed by atoms with E-state index >= 15 is 0 Å². The van der Waals surface area contributed by atoms with E-state index in [9.17, 15) is 4.39 Å². The first-order chi connectivity index (χ1) is 8.58. The first-order valence-corrected chi connectivity index (χ1v) is 7.24. The number of hydrogen-bond donors (Lipinski definition) is 1. The summed E-state index contributed by atoms with van der Waals surface area (Å²) in [5.74, 6) is 0.135. The van der Waals surface area contributed by atoms with Crippen molar-refractivity contribution in [2.45, 2.75) is 45.1 Å². The van der Waals surface area contributed by atoms with Gasteiger partial charge in [0.1, 0.15) is 0 Å². The predicted octanol–water partition coefficient (Wildman–Crippen LogP) is 5.51. The number of nitrogens with one attached hydrogen (secondary N) is 1. The van der Waals surface area contributed by atoms with E-state index in [0.29, 0.717) is 12.0 Å². The van der Waals surface area contributed by atoms with Crippen LogP contribution in [0, 0.1) is 11.7 Å². The molecule has 0 aliphatic heterocycles. The van der Waals surface area contributed by atoms with Crippen LogP contribution in [0.3, 0.4) is 0 Å². The number of halogens is 3. The van der Waals surface area contributed by atoms with Gasteiger partial charge in [0, 0.05) is 11.7 Å². The van der Waals surface area contributed by atoms with Crippen LogP contribution < -0.4 is 5.32 Å². The molecule has 2 rings (SSSR count). The van der Waals surface area contributed by atoms with Gasteiger partial charge in [0.15, 0.2) is 5.82 Å². The molecular weight excluding hydrogens is 272 g/mol. The number of rotatable bonds is 3. The van der Waals surface area contributed by atoms with E-state index in [1.165, 1.54) is 32.1 Å². The molecule has 0 amide bonds. The van der Waals surface area contributed by atoms with Gasteiger partial charge in [-0.3, -0.25) is 0 Å². The predicted molar refractivity (Wildman–Crippen MR) is 76.1 cm³/mol. The van der Waals surface area contributed by atoms with Crippen molar-refractivity contribution in [2.75, 3.05) is 5.32 Å². The third-order valence-electron chi connectivity index (χ3n) is 3.74. The lowest BCUT2D eigenvalue weighted by molar-refractivity contribution is 0.328. The van der Waals surface area contributed by atoms with Crippen LogP contribution in [-0.4, -0.2) is 6.04 Å². The zero-order valence-corrected chi connectivity index (χ0v) is 12.0. The Morgan fingerprint density at radius 2 is 1.72 bits per heavy atom. The monoisotopic (exact) mass is 289 g/mol. The van der Waals surface area contributed by atoms with E-state index in [-0.39, 0.29) is 10.0 Å². The van der Waals surface area contributed by atoms with Gasteiger partial charge < -0.3 is 5.32 Å². The number of hydrogen-bond acceptors (Lipinski definition) is 1. The Morgan fingerprint density at radius 1 is 1.17 bits per heavy atom. The van der Waals surface area contributed by atoms with Gasteiger partial charge in [-0.1, -0.05) is 42.5 Å². The van der Waals surface area contributed by atoms with E-state index in [2.05, 4.69) is 12.2 Å². The molecule has 1 aromatic rings. The summed E-state index contributed by atoms with van der Waals surface area (Å²) >= 11 is 11.6. The van der Waals surface area contributed by atoms with Gasteiger partial charge in [0.05, 0.1) is 10.0 Å². The zero-order chi connectivity index (χ0) is 13.1. The lowest BCUT2D eigenvalue weighted by Gasteiger charge is -2.29. The summed E-state index contributed by atoms with van der Waals surface area (Å²) in [6, 6.07) is 3.56. The molecular formula is C14H18Cl2FN. The Kier molecular flexibility index (Phi) is 4.74. The van der Waals surface area contributed by atoms with E-state index in [0.717, 1.165) is 5.69 Å². The van der Waals surface area contributed by atoms with Crippen molar-refractivity contribution in [2.24, 2.45) is 5.92 Å². The number of anilines is 1. The van der Waals surface area contributed by atoms with Crippen molar-refractivity contribution < 1.29 is 4.39 Å². The molecule has 1 saturated carbocycles. The molecule has 1 atom stereocenters. The lowest BCUT2D eigenvalue weighted by Crippen LogP contribution is -2.27. The Labute approximate surface area is 118 Å². The van der Waals surface area contributed by atoms with Crippen LogP contribution in [0.15, 0.2) is 12.1 Å². The topological polar surface area (TPSA) is 12.0 Å². The van der Waals surface area contributed by atoms with Crippen LogP contribution in [0.2, 0.25) is 10.0 Å². The summed E-state index contributed by atoms with van der Waals surface area (Å²) < 4.78 is 13.3. The highest BCUT2D eigenvalue weighted by Gasteiger charge is 2.20. The van der Waals surface area contributed by atoms with Gasteiger partial charge in [-0.25, -0.2) is 4.39 Å². The second-order valence-corrected chi connectivity index (χ2v) is 5.90. The van der Waals surface area contributed by atoms with Crippen molar-refractivity contribution in [1.82, 2.24) is 0 Å². The molecule has 0 spiro atoms. The van der Waals surface area contributed by atoms with Gasteiger partial charge >= 0.3 is 0 Å². The average Bonchev–Trinajstić information content (AvgIpc) is 2.37. The maximum atomic E-state index is 13.3. The van der Waals surface area contributed by atoms with Crippen LogP contribution in [0.4, 0.5) is 10.1 Å². The second-order valence-electron chi connectivity index (χ2n) is 5.08. The molecule has 4 heteroatoms. The second kappa shape index (κ2) is 6.12. The van der Waals surface area contributed by atoms with Crippen LogP contribution >= 0.6 is 23.2 Å². The van der Waals surface area contributed by atoms with Crippen molar-refractivity contribution in [1.29, 1.82) is 0 Å². The Morgan fingerprint density at radius 3 is 2.28 bits per heavy atom. The largest absolute Gasteiger partial charge is 0.382 e. The summed E-state index contributed by atoms with van der Waals surface area (Å²) in [5.41, 5.74) is 0.796. The highest BCUT2D eigenvalue weighted by molar-refractivity contribution is 6.35. The third kappa shape index (κ3) is 3.30.